The molecule has 0 unspecified atom stereocenters. The summed E-state index contributed by atoms with van der Waals surface area (Å²) in [7, 11) is 0. The van der Waals surface area contributed by atoms with Gasteiger partial charge in [0.15, 0.2) is 6.29 Å². The number of ether oxygens (including phenoxy) is 3. The molecule has 0 spiro atoms. The van der Waals surface area contributed by atoms with Gasteiger partial charge in [-0.2, -0.15) is 0 Å². The molecule has 5 nitrogen and oxygen atoms in total. The Morgan fingerprint density at radius 2 is 2.14 bits per heavy atom. The molecule has 0 saturated carbocycles. The van der Waals surface area contributed by atoms with Gasteiger partial charge in [-0.1, -0.05) is 30.3 Å². The highest BCUT2D eigenvalue weighted by atomic mass is 16.7. The van der Waals surface area contributed by atoms with Crippen LogP contribution in [0.3, 0.4) is 0 Å². The van der Waals surface area contributed by atoms with Gasteiger partial charge in [-0.25, -0.2) is 0 Å². The number of benzene rings is 1. The fraction of sp³-hybridized carbons (Fsp3) is 0.562. The summed E-state index contributed by atoms with van der Waals surface area (Å²) in [6.07, 6.45) is 2.05. The summed E-state index contributed by atoms with van der Waals surface area (Å²) in [5.41, 5.74) is 1.06. The van der Waals surface area contributed by atoms with Gasteiger partial charge in [-0.3, -0.25) is 4.79 Å². The Labute approximate surface area is 124 Å². The van der Waals surface area contributed by atoms with Crippen LogP contribution in [-0.2, 0) is 25.6 Å². The Hall–Kier alpha value is -1.43. The van der Waals surface area contributed by atoms with Crippen molar-refractivity contribution in [3.63, 3.8) is 0 Å². The van der Waals surface area contributed by atoms with Gasteiger partial charge in [0.1, 0.15) is 0 Å². The van der Waals surface area contributed by atoms with Gasteiger partial charge in [0, 0.05) is 6.61 Å². The maximum Gasteiger partial charge on any atom is 0.306 e. The summed E-state index contributed by atoms with van der Waals surface area (Å²) in [5.74, 6) is -0.890. The molecule has 1 heterocycles. The lowest BCUT2D eigenvalue weighted by Crippen LogP contribution is -2.32. The summed E-state index contributed by atoms with van der Waals surface area (Å²) in [4.78, 5) is 10.9. The van der Waals surface area contributed by atoms with Crippen LogP contribution < -0.4 is 0 Å². The third kappa shape index (κ3) is 6.25. The van der Waals surface area contributed by atoms with E-state index in [0.717, 1.165) is 24.8 Å². The van der Waals surface area contributed by atoms with Gasteiger partial charge in [0.05, 0.1) is 25.7 Å². The fourth-order valence-electron chi connectivity index (χ4n) is 2.26. The molecule has 0 aliphatic carbocycles. The van der Waals surface area contributed by atoms with Gasteiger partial charge in [0.2, 0.25) is 0 Å². The third-order valence-electron chi connectivity index (χ3n) is 3.30. The quantitative estimate of drug-likeness (QED) is 0.798. The van der Waals surface area contributed by atoms with Crippen molar-refractivity contribution in [1.29, 1.82) is 0 Å². The van der Waals surface area contributed by atoms with Crippen molar-refractivity contribution in [2.75, 3.05) is 13.2 Å². The molecule has 0 radical (unpaired) electrons. The average molecular weight is 294 g/mol. The first-order valence-corrected chi connectivity index (χ1v) is 7.34. The van der Waals surface area contributed by atoms with E-state index >= 15 is 0 Å². The summed E-state index contributed by atoms with van der Waals surface area (Å²) in [6, 6.07) is 9.77. The second-order valence-electron chi connectivity index (χ2n) is 5.15. The standard InChI is InChI=1S/C16H22O5/c17-15(18)10-14(21-16-8-4-5-9-20-16)12-19-11-13-6-2-1-3-7-13/h1-3,6-7,14,16H,4-5,8-12H2,(H,17,18)/t14-,16-/m0/s1. The Kier molecular flexibility index (Phi) is 6.66. The van der Waals surface area contributed by atoms with Crippen molar-refractivity contribution in [2.24, 2.45) is 0 Å². The molecule has 5 heteroatoms. The van der Waals surface area contributed by atoms with Crippen molar-refractivity contribution in [2.45, 2.75) is 44.7 Å². The molecule has 1 saturated heterocycles. The van der Waals surface area contributed by atoms with Gasteiger partial charge < -0.3 is 19.3 Å². The highest BCUT2D eigenvalue weighted by Crippen LogP contribution is 2.17. The smallest absolute Gasteiger partial charge is 0.306 e. The van der Waals surface area contributed by atoms with Gasteiger partial charge in [0.25, 0.3) is 0 Å². The van der Waals surface area contributed by atoms with Crippen LogP contribution >= 0.6 is 0 Å². The first-order chi connectivity index (χ1) is 10.2. The number of hydrogen-bond donors (Lipinski definition) is 1. The van der Waals surface area contributed by atoms with E-state index in [-0.39, 0.29) is 19.3 Å². The van der Waals surface area contributed by atoms with E-state index < -0.39 is 12.1 Å². The molecule has 1 aromatic carbocycles. The second kappa shape index (κ2) is 8.77. The molecular weight excluding hydrogens is 272 g/mol. The Bertz CT molecular complexity index is 414. The Morgan fingerprint density at radius 1 is 1.33 bits per heavy atom. The molecule has 0 bridgehead atoms. The molecule has 2 atom stereocenters. The molecule has 1 aliphatic rings. The van der Waals surface area contributed by atoms with Crippen molar-refractivity contribution >= 4 is 5.97 Å². The van der Waals surface area contributed by atoms with Crippen LogP contribution in [-0.4, -0.2) is 36.7 Å². The Morgan fingerprint density at radius 3 is 2.81 bits per heavy atom. The van der Waals surface area contributed by atoms with Crippen LogP contribution in [0, 0.1) is 0 Å². The summed E-state index contributed by atoms with van der Waals surface area (Å²) in [6.45, 7) is 1.38. The number of hydrogen-bond acceptors (Lipinski definition) is 4. The predicted molar refractivity (Wildman–Crippen MR) is 76.8 cm³/mol. The van der Waals surface area contributed by atoms with E-state index in [2.05, 4.69) is 0 Å². The first-order valence-electron chi connectivity index (χ1n) is 7.34. The molecule has 1 N–H and O–H groups in total. The molecule has 2 rings (SSSR count). The topological polar surface area (TPSA) is 65.0 Å². The molecule has 1 aliphatic heterocycles. The first kappa shape index (κ1) is 15.9. The van der Waals surface area contributed by atoms with Crippen molar-refractivity contribution in [3.8, 4) is 0 Å². The normalized spacial score (nSPS) is 20.1. The molecule has 1 aromatic rings. The lowest BCUT2D eigenvalue weighted by molar-refractivity contribution is -0.201. The number of carboxylic acid groups (broad SMARTS) is 1. The number of rotatable bonds is 8. The predicted octanol–water partition coefficient (Wildman–Crippen LogP) is 2.59. The number of carboxylic acids is 1. The van der Waals surface area contributed by atoms with Crippen molar-refractivity contribution < 1.29 is 24.1 Å². The van der Waals surface area contributed by atoms with Gasteiger partial charge in [-0.15, -0.1) is 0 Å². The molecule has 1 fully saturated rings. The minimum atomic E-state index is -0.890. The summed E-state index contributed by atoms with van der Waals surface area (Å²) >= 11 is 0. The molecule has 0 amide bonds. The van der Waals surface area contributed by atoms with Crippen LogP contribution in [0.2, 0.25) is 0 Å². The zero-order valence-corrected chi connectivity index (χ0v) is 12.1. The van der Waals surface area contributed by atoms with E-state index in [1.165, 1.54) is 0 Å². The van der Waals surface area contributed by atoms with E-state index in [1.807, 2.05) is 30.3 Å². The zero-order chi connectivity index (χ0) is 14.9. The van der Waals surface area contributed by atoms with Crippen LogP contribution in [0.25, 0.3) is 0 Å². The summed E-state index contributed by atoms with van der Waals surface area (Å²) < 4.78 is 16.8. The van der Waals surface area contributed by atoms with E-state index in [4.69, 9.17) is 19.3 Å². The van der Waals surface area contributed by atoms with Crippen LogP contribution in [0.4, 0.5) is 0 Å². The summed E-state index contributed by atoms with van der Waals surface area (Å²) in [5, 5.41) is 8.95. The highest BCUT2D eigenvalue weighted by Gasteiger charge is 2.22. The number of carbonyl (C=O) groups is 1. The van der Waals surface area contributed by atoms with Gasteiger partial charge in [-0.05, 0) is 24.8 Å². The highest BCUT2D eigenvalue weighted by molar-refractivity contribution is 5.67. The van der Waals surface area contributed by atoms with Crippen LogP contribution in [0.1, 0.15) is 31.2 Å². The molecule has 0 aromatic heterocycles. The maximum atomic E-state index is 10.9. The van der Waals surface area contributed by atoms with Crippen molar-refractivity contribution in [1.82, 2.24) is 0 Å². The molecular formula is C16H22O5. The molecule has 21 heavy (non-hydrogen) atoms. The SMILES string of the molecule is O=C(O)C[C@@H](COCc1ccccc1)O[C@H]1CCCCO1. The van der Waals surface area contributed by atoms with Crippen LogP contribution in [0.15, 0.2) is 30.3 Å². The largest absolute Gasteiger partial charge is 0.481 e. The average Bonchev–Trinajstić information content (AvgIpc) is 2.49. The second-order valence-corrected chi connectivity index (χ2v) is 5.15. The monoisotopic (exact) mass is 294 g/mol. The Balaban J connectivity index is 1.76. The van der Waals surface area contributed by atoms with E-state index in [9.17, 15) is 4.79 Å². The van der Waals surface area contributed by atoms with E-state index in [1.54, 1.807) is 0 Å². The minimum Gasteiger partial charge on any atom is -0.481 e. The lowest BCUT2D eigenvalue weighted by atomic mass is 10.2. The minimum absolute atomic E-state index is 0.0748. The third-order valence-corrected chi connectivity index (χ3v) is 3.30. The van der Waals surface area contributed by atoms with Gasteiger partial charge >= 0.3 is 5.97 Å². The fourth-order valence-corrected chi connectivity index (χ4v) is 2.26. The molecule has 116 valence electrons. The van der Waals surface area contributed by atoms with Crippen LogP contribution in [0.5, 0.6) is 0 Å². The lowest BCUT2D eigenvalue weighted by Gasteiger charge is -2.27. The number of aliphatic carboxylic acids is 1. The van der Waals surface area contributed by atoms with E-state index in [0.29, 0.717) is 13.2 Å². The maximum absolute atomic E-state index is 10.9. The zero-order valence-electron chi connectivity index (χ0n) is 12.1. The van der Waals surface area contributed by atoms with Crippen molar-refractivity contribution in [3.05, 3.63) is 35.9 Å².